The summed E-state index contributed by atoms with van der Waals surface area (Å²) in [4.78, 5) is 12.4. The van der Waals surface area contributed by atoms with Gasteiger partial charge in [-0.05, 0) is 49.9 Å². The van der Waals surface area contributed by atoms with Gasteiger partial charge in [0.2, 0.25) is 10.0 Å². The molecule has 1 aromatic rings. The molecule has 1 unspecified atom stereocenters. The van der Waals surface area contributed by atoms with E-state index in [0.717, 1.165) is 25.5 Å². The summed E-state index contributed by atoms with van der Waals surface area (Å²) in [6.07, 6.45) is 8.38. The second-order valence-corrected chi connectivity index (χ2v) is 9.53. The Morgan fingerprint density at radius 3 is 2.45 bits per heavy atom. The largest absolute Gasteiger partial charge is 0.481 e. The molecule has 2 rings (SSSR count). The van der Waals surface area contributed by atoms with Gasteiger partial charge in [0.05, 0.1) is 18.0 Å². The molecule has 0 aromatic heterocycles. The Labute approximate surface area is 174 Å². The van der Waals surface area contributed by atoms with E-state index in [-0.39, 0.29) is 5.91 Å². The quantitative estimate of drug-likeness (QED) is 0.550. The van der Waals surface area contributed by atoms with Crippen LogP contribution in [0.15, 0.2) is 24.3 Å². The van der Waals surface area contributed by atoms with Gasteiger partial charge in [-0.1, -0.05) is 26.2 Å². The molecule has 8 heteroatoms. The fourth-order valence-electron chi connectivity index (χ4n) is 3.29. The van der Waals surface area contributed by atoms with Gasteiger partial charge < -0.3 is 14.8 Å². The minimum Gasteiger partial charge on any atom is -0.481 e. The third-order valence-electron chi connectivity index (χ3n) is 5.17. The number of benzene rings is 1. The van der Waals surface area contributed by atoms with Crippen LogP contribution in [0.3, 0.4) is 0 Å². The number of amides is 1. The SMILES string of the molecule is CCC(Oc1ccc(N(C)S(C)(=O)=O)cc1)C(=O)NCCCOC1CCCCC1. The summed E-state index contributed by atoms with van der Waals surface area (Å²) in [7, 11) is -1.82. The van der Waals surface area contributed by atoms with E-state index in [9.17, 15) is 13.2 Å². The number of nitrogens with zero attached hydrogens (tertiary/aromatic N) is 1. The van der Waals surface area contributed by atoms with E-state index in [0.29, 0.717) is 37.1 Å². The zero-order valence-corrected chi connectivity index (χ0v) is 18.5. The van der Waals surface area contributed by atoms with Crippen LogP contribution in [-0.4, -0.2) is 53.0 Å². The van der Waals surface area contributed by atoms with Gasteiger partial charge in [0, 0.05) is 20.2 Å². The Bertz CT molecular complexity index is 730. The Kier molecular flexibility index (Phi) is 9.23. The molecule has 0 spiro atoms. The van der Waals surface area contributed by atoms with Gasteiger partial charge in [-0.2, -0.15) is 0 Å². The van der Waals surface area contributed by atoms with Crippen molar-refractivity contribution in [1.29, 1.82) is 0 Å². The number of carbonyl (C=O) groups is 1. The molecule has 0 radical (unpaired) electrons. The van der Waals surface area contributed by atoms with Gasteiger partial charge in [0.1, 0.15) is 5.75 Å². The lowest BCUT2D eigenvalue weighted by Gasteiger charge is -2.22. The molecule has 1 aromatic carbocycles. The molecule has 0 saturated heterocycles. The van der Waals surface area contributed by atoms with Gasteiger partial charge in [-0.3, -0.25) is 9.10 Å². The first-order valence-electron chi connectivity index (χ1n) is 10.4. The molecule has 1 N–H and O–H groups in total. The lowest BCUT2D eigenvalue weighted by atomic mass is 9.98. The Balaban J connectivity index is 1.74. The van der Waals surface area contributed by atoms with Gasteiger partial charge >= 0.3 is 0 Å². The number of nitrogens with one attached hydrogen (secondary N) is 1. The lowest BCUT2D eigenvalue weighted by Crippen LogP contribution is -2.38. The van der Waals surface area contributed by atoms with E-state index in [2.05, 4.69) is 5.32 Å². The molecule has 1 fully saturated rings. The van der Waals surface area contributed by atoms with Crippen LogP contribution in [0.25, 0.3) is 0 Å². The van der Waals surface area contributed by atoms with Gasteiger partial charge in [0.15, 0.2) is 6.10 Å². The second kappa shape index (κ2) is 11.4. The summed E-state index contributed by atoms with van der Waals surface area (Å²) in [5, 5.41) is 2.91. The predicted octanol–water partition coefficient (Wildman–Crippen LogP) is 3.10. The first-order valence-corrected chi connectivity index (χ1v) is 12.3. The predicted molar refractivity (Wildman–Crippen MR) is 115 cm³/mol. The standard InChI is InChI=1S/C21H34N2O5S/c1-4-20(21(24)22-15-8-16-27-18-9-6-5-7-10-18)28-19-13-11-17(12-14-19)23(2)29(3,25)26/h11-14,18,20H,4-10,15-16H2,1-3H3,(H,22,24). The maximum Gasteiger partial charge on any atom is 0.261 e. The smallest absolute Gasteiger partial charge is 0.261 e. The van der Waals surface area contributed by atoms with Crippen molar-refractivity contribution < 1.29 is 22.7 Å². The zero-order chi connectivity index (χ0) is 21.3. The summed E-state index contributed by atoms with van der Waals surface area (Å²) in [6, 6.07) is 6.66. The van der Waals surface area contributed by atoms with E-state index in [1.807, 2.05) is 6.92 Å². The van der Waals surface area contributed by atoms with E-state index in [1.54, 1.807) is 24.3 Å². The summed E-state index contributed by atoms with van der Waals surface area (Å²) in [5.74, 6) is 0.376. The number of carbonyl (C=O) groups excluding carboxylic acids is 1. The monoisotopic (exact) mass is 426 g/mol. The molecule has 0 aliphatic heterocycles. The topological polar surface area (TPSA) is 84.9 Å². The lowest BCUT2D eigenvalue weighted by molar-refractivity contribution is -0.128. The van der Waals surface area contributed by atoms with Gasteiger partial charge in [-0.25, -0.2) is 8.42 Å². The summed E-state index contributed by atoms with van der Waals surface area (Å²) < 4.78 is 36.0. The highest BCUT2D eigenvalue weighted by atomic mass is 32.2. The molecular formula is C21H34N2O5S. The Hall–Kier alpha value is -1.80. The van der Waals surface area contributed by atoms with Crippen molar-refractivity contribution in [2.24, 2.45) is 0 Å². The zero-order valence-electron chi connectivity index (χ0n) is 17.7. The van der Waals surface area contributed by atoms with E-state index < -0.39 is 16.1 Å². The molecule has 0 bridgehead atoms. The first kappa shape index (κ1) is 23.5. The van der Waals surface area contributed by atoms with Crippen molar-refractivity contribution in [1.82, 2.24) is 5.32 Å². The third kappa shape index (κ3) is 7.85. The fourth-order valence-corrected chi connectivity index (χ4v) is 3.80. The number of anilines is 1. The van der Waals surface area contributed by atoms with E-state index in [4.69, 9.17) is 9.47 Å². The molecule has 29 heavy (non-hydrogen) atoms. The van der Waals surface area contributed by atoms with Crippen molar-refractivity contribution in [3.63, 3.8) is 0 Å². The third-order valence-corrected chi connectivity index (χ3v) is 6.37. The van der Waals surface area contributed by atoms with Crippen LogP contribution in [0.1, 0.15) is 51.9 Å². The van der Waals surface area contributed by atoms with Crippen LogP contribution >= 0.6 is 0 Å². The van der Waals surface area contributed by atoms with E-state index in [1.165, 1.54) is 30.6 Å². The first-order chi connectivity index (χ1) is 13.8. The van der Waals surface area contributed by atoms with Gasteiger partial charge in [-0.15, -0.1) is 0 Å². The van der Waals surface area contributed by atoms with Crippen molar-refractivity contribution in [2.75, 3.05) is 30.8 Å². The summed E-state index contributed by atoms with van der Waals surface area (Å²) in [5.41, 5.74) is 0.537. The maximum atomic E-state index is 12.4. The Morgan fingerprint density at radius 1 is 1.21 bits per heavy atom. The average molecular weight is 427 g/mol. The average Bonchev–Trinajstić information content (AvgIpc) is 2.71. The van der Waals surface area contributed by atoms with Crippen LogP contribution in [-0.2, 0) is 19.6 Å². The van der Waals surface area contributed by atoms with Crippen LogP contribution < -0.4 is 14.4 Å². The fraction of sp³-hybridized carbons (Fsp3) is 0.667. The normalized spacial score (nSPS) is 16.2. The highest BCUT2D eigenvalue weighted by molar-refractivity contribution is 7.92. The van der Waals surface area contributed by atoms with Crippen LogP contribution in [0.5, 0.6) is 5.75 Å². The highest BCUT2D eigenvalue weighted by Gasteiger charge is 2.19. The van der Waals surface area contributed by atoms with Gasteiger partial charge in [0.25, 0.3) is 5.91 Å². The second-order valence-electron chi connectivity index (χ2n) is 7.51. The number of ether oxygens (including phenoxy) is 2. The molecular weight excluding hydrogens is 392 g/mol. The van der Waals surface area contributed by atoms with Crippen molar-refractivity contribution in [3.05, 3.63) is 24.3 Å². The van der Waals surface area contributed by atoms with Crippen molar-refractivity contribution in [2.45, 2.75) is 64.1 Å². The van der Waals surface area contributed by atoms with Crippen LogP contribution in [0.2, 0.25) is 0 Å². The molecule has 1 aliphatic rings. The van der Waals surface area contributed by atoms with Crippen molar-refractivity contribution >= 4 is 21.6 Å². The highest BCUT2D eigenvalue weighted by Crippen LogP contribution is 2.22. The van der Waals surface area contributed by atoms with Crippen LogP contribution in [0, 0.1) is 0 Å². The number of sulfonamides is 1. The number of hydrogen-bond donors (Lipinski definition) is 1. The minimum absolute atomic E-state index is 0.150. The van der Waals surface area contributed by atoms with E-state index >= 15 is 0 Å². The molecule has 1 amide bonds. The molecule has 1 aliphatic carbocycles. The summed E-state index contributed by atoms with van der Waals surface area (Å²) >= 11 is 0. The van der Waals surface area contributed by atoms with Crippen molar-refractivity contribution in [3.8, 4) is 5.75 Å². The molecule has 164 valence electrons. The molecule has 7 nitrogen and oxygen atoms in total. The molecule has 1 saturated carbocycles. The van der Waals surface area contributed by atoms with Crippen LogP contribution in [0.4, 0.5) is 5.69 Å². The summed E-state index contributed by atoms with van der Waals surface area (Å²) in [6.45, 7) is 3.11. The number of hydrogen-bond acceptors (Lipinski definition) is 5. The minimum atomic E-state index is -3.31. The maximum absolute atomic E-state index is 12.4. The Morgan fingerprint density at radius 2 is 1.86 bits per heavy atom. The number of rotatable bonds is 11. The molecule has 1 atom stereocenters. The molecule has 0 heterocycles.